The lowest BCUT2D eigenvalue weighted by atomic mass is 10.1. The lowest BCUT2D eigenvalue weighted by Crippen LogP contribution is -2.40. The van der Waals surface area contributed by atoms with Gasteiger partial charge in [-0.3, -0.25) is 4.79 Å². The van der Waals surface area contributed by atoms with E-state index in [4.69, 9.17) is 0 Å². The van der Waals surface area contributed by atoms with Crippen molar-refractivity contribution in [2.75, 3.05) is 5.32 Å². The number of nitrogens with one attached hydrogen (secondary N) is 2. The molecule has 1 rings (SSSR count). The predicted molar refractivity (Wildman–Crippen MR) is 75.3 cm³/mol. The SMILES string of the molecule is C=CC(=O)Nc1cc(S(=O)(=O)NC(C)(C)C)ccc1F. The van der Waals surface area contributed by atoms with Crippen LogP contribution in [0.5, 0.6) is 0 Å². The van der Waals surface area contributed by atoms with Crippen LogP contribution in [0.2, 0.25) is 0 Å². The highest BCUT2D eigenvalue weighted by atomic mass is 32.2. The molecular formula is C13H17FN2O3S. The van der Waals surface area contributed by atoms with Crippen molar-refractivity contribution in [1.29, 1.82) is 0 Å². The van der Waals surface area contributed by atoms with Gasteiger partial charge in [-0.1, -0.05) is 6.58 Å². The van der Waals surface area contributed by atoms with Crippen LogP contribution in [-0.4, -0.2) is 19.9 Å². The molecule has 0 atom stereocenters. The molecule has 0 aromatic heterocycles. The van der Waals surface area contributed by atoms with Crippen molar-refractivity contribution >= 4 is 21.6 Å². The molecule has 0 bridgehead atoms. The first-order valence-electron chi connectivity index (χ1n) is 5.82. The van der Waals surface area contributed by atoms with E-state index >= 15 is 0 Å². The number of carbonyl (C=O) groups is 1. The standard InChI is InChI=1S/C13H17FN2O3S/c1-5-12(17)15-11-8-9(6-7-10(11)14)20(18,19)16-13(2,3)4/h5-8,16H,1H2,2-4H3,(H,15,17). The van der Waals surface area contributed by atoms with Crippen molar-refractivity contribution in [3.63, 3.8) is 0 Å². The number of hydrogen-bond donors (Lipinski definition) is 2. The van der Waals surface area contributed by atoms with E-state index < -0.39 is 27.3 Å². The maximum absolute atomic E-state index is 13.5. The number of rotatable bonds is 4. The molecule has 0 radical (unpaired) electrons. The molecule has 0 heterocycles. The first-order chi connectivity index (χ1) is 9.05. The van der Waals surface area contributed by atoms with Gasteiger partial charge in [0.05, 0.1) is 10.6 Å². The quantitative estimate of drug-likeness (QED) is 0.835. The van der Waals surface area contributed by atoms with Gasteiger partial charge in [0, 0.05) is 5.54 Å². The molecule has 2 N–H and O–H groups in total. The summed E-state index contributed by atoms with van der Waals surface area (Å²) < 4.78 is 40.2. The summed E-state index contributed by atoms with van der Waals surface area (Å²) in [5, 5.41) is 2.21. The van der Waals surface area contributed by atoms with Crippen LogP contribution in [0.3, 0.4) is 0 Å². The molecular weight excluding hydrogens is 283 g/mol. The third kappa shape index (κ3) is 4.43. The molecule has 7 heteroatoms. The van der Waals surface area contributed by atoms with E-state index in [0.29, 0.717) is 0 Å². The van der Waals surface area contributed by atoms with E-state index in [1.807, 2.05) is 0 Å². The van der Waals surface area contributed by atoms with Crippen LogP contribution in [-0.2, 0) is 14.8 Å². The fourth-order valence-electron chi connectivity index (χ4n) is 1.41. The largest absolute Gasteiger partial charge is 0.320 e. The average molecular weight is 300 g/mol. The first kappa shape index (κ1) is 16.3. The van der Waals surface area contributed by atoms with Crippen LogP contribution >= 0.6 is 0 Å². The molecule has 1 amide bonds. The number of hydrogen-bond acceptors (Lipinski definition) is 3. The van der Waals surface area contributed by atoms with Crippen LogP contribution in [0, 0.1) is 5.82 Å². The minimum Gasteiger partial charge on any atom is -0.320 e. The Morgan fingerprint density at radius 3 is 2.45 bits per heavy atom. The summed E-state index contributed by atoms with van der Waals surface area (Å²) in [6.07, 6.45) is 0.966. The molecule has 1 aromatic carbocycles. The number of sulfonamides is 1. The van der Waals surface area contributed by atoms with E-state index in [0.717, 1.165) is 24.3 Å². The Hall–Kier alpha value is -1.73. The normalized spacial score (nSPS) is 12.0. The Bertz CT molecular complexity index is 634. The third-order valence-electron chi connectivity index (χ3n) is 2.13. The summed E-state index contributed by atoms with van der Waals surface area (Å²) in [6, 6.07) is 3.17. The van der Waals surface area contributed by atoms with Gasteiger partial charge in [0.2, 0.25) is 15.9 Å². The summed E-state index contributed by atoms with van der Waals surface area (Å²) in [7, 11) is -3.79. The minimum absolute atomic E-state index is 0.131. The monoisotopic (exact) mass is 300 g/mol. The number of halogens is 1. The molecule has 20 heavy (non-hydrogen) atoms. The van der Waals surface area contributed by atoms with Crippen molar-refractivity contribution in [2.45, 2.75) is 31.2 Å². The van der Waals surface area contributed by atoms with Crippen molar-refractivity contribution < 1.29 is 17.6 Å². The Morgan fingerprint density at radius 1 is 1.35 bits per heavy atom. The Labute approximate surface area is 117 Å². The van der Waals surface area contributed by atoms with E-state index in [1.54, 1.807) is 20.8 Å². The molecule has 0 fully saturated rings. The summed E-state index contributed by atoms with van der Waals surface area (Å²) in [6.45, 7) is 8.31. The third-order valence-corrected chi connectivity index (χ3v) is 3.89. The van der Waals surface area contributed by atoms with E-state index in [9.17, 15) is 17.6 Å². The fourth-order valence-corrected chi connectivity index (χ4v) is 2.86. The summed E-state index contributed by atoms with van der Waals surface area (Å²) in [4.78, 5) is 11.0. The molecule has 1 aromatic rings. The van der Waals surface area contributed by atoms with Gasteiger partial charge in [0.15, 0.2) is 0 Å². The van der Waals surface area contributed by atoms with E-state index in [2.05, 4.69) is 16.6 Å². The van der Waals surface area contributed by atoms with Gasteiger partial charge in [0.1, 0.15) is 5.82 Å². The maximum Gasteiger partial charge on any atom is 0.247 e. The lowest BCUT2D eigenvalue weighted by molar-refractivity contribution is -0.111. The number of anilines is 1. The Balaban J connectivity index is 3.18. The first-order valence-corrected chi connectivity index (χ1v) is 7.30. The van der Waals surface area contributed by atoms with Gasteiger partial charge in [-0.05, 0) is 45.0 Å². The van der Waals surface area contributed by atoms with Crippen LogP contribution in [0.15, 0.2) is 35.7 Å². The minimum atomic E-state index is -3.79. The van der Waals surface area contributed by atoms with E-state index in [-0.39, 0.29) is 10.6 Å². The summed E-state index contributed by atoms with van der Waals surface area (Å²) in [5.41, 5.74) is -0.885. The topological polar surface area (TPSA) is 75.3 Å². The summed E-state index contributed by atoms with van der Waals surface area (Å²) in [5.74, 6) is -1.35. The number of carbonyl (C=O) groups excluding carboxylic acids is 1. The molecule has 5 nitrogen and oxygen atoms in total. The molecule has 0 aliphatic heterocycles. The highest BCUT2D eigenvalue weighted by Gasteiger charge is 2.23. The van der Waals surface area contributed by atoms with Crippen LogP contribution in [0.1, 0.15) is 20.8 Å². The van der Waals surface area contributed by atoms with Gasteiger partial charge in [-0.25, -0.2) is 17.5 Å². The Kier molecular flexibility index (Phi) is 4.67. The van der Waals surface area contributed by atoms with Crippen molar-refractivity contribution in [1.82, 2.24) is 4.72 Å². The van der Waals surface area contributed by atoms with Crippen LogP contribution in [0.4, 0.5) is 10.1 Å². The van der Waals surface area contributed by atoms with Gasteiger partial charge in [0.25, 0.3) is 0 Å². The molecule has 0 saturated carbocycles. The van der Waals surface area contributed by atoms with Crippen molar-refractivity contribution in [3.05, 3.63) is 36.7 Å². The maximum atomic E-state index is 13.5. The number of amides is 1. The lowest BCUT2D eigenvalue weighted by Gasteiger charge is -2.20. The van der Waals surface area contributed by atoms with Crippen molar-refractivity contribution in [2.24, 2.45) is 0 Å². The molecule has 0 unspecified atom stereocenters. The van der Waals surface area contributed by atoms with Gasteiger partial charge >= 0.3 is 0 Å². The van der Waals surface area contributed by atoms with Gasteiger partial charge in [-0.15, -0.1) is 0 Å². The van der Waals surface area contributed by atoms with Crippen LogP contribution < -0.4 is 10.0 Å². The molecule has 0 aliphatic carbocycles. The highest BCUT2D eigenvalue weighted by molar-refractivity contribution is 7.89. The zero-order valence-electron chi connectivity index (χ0n) is 11.5. The van der Waals surface area contributed by atoms with Crippen LogP contribution in [0.25, 0.3) is 0 Å². The fraction of sp³-hybridized carbons (Fsp3) is 0.308. The smallest absolute Gasteiger partial charge is 0.247 e. The summed E-state index contributed by atoms with van der Waals surface area (Å²) >= 11 is 0. The van der Waals surface area contributed by atoms with Crippen molar-refractivity contribution in [3.8, 4) is 0 Å². The highest BCUT2D eigenvalue weighted by Crippen LogP contribution is 2.20. The van der Waals surface area contributed by atoms with E-state index in [1.165, 1.54) is 0 Å². The molecule has 0 spiro atoms. The average Bonchev–Trinajstić information content (AvgIpc) is 2.28. The second-order valence-electron chi connectivity index (χ2n) is 5.19. The predicted octanol–water partition coefficient (Wildman–Crippen LogP) is 2.03. The van der Waals surface area contributed by atoms with Gasteiger partial charge < -0.3 is 5.32 Å². The zero-order valence-corrected chi connectivity index (χ0v) is 12.3. The van der Waals surface area contributed by atoms with Gasteiger partial charge in [-0.2, -0.15) is 0 Å². The zero-order chi connectivity index (χ0) is 15.6. The Morgan fingerprint density at radius 2 is 1.95 bits per heavy atom. The second kappa shape index (κ2) is 5.72. The molecule has 0 saturated heterocycles. The number of benzene rings is 1. The molecule has 0 aliphatic rings. The molecule has 110 valence electrons. The second-order valence-corrected chi connectivity index (χ2v) is 6.87.